The quantitative estimate of drug-likeness (QED) is 0.731. The maximum Gasteiger partial charge on any atom is 0.134 e. The van der Waals surface area contributed by atoms with Crippen LogP contribution in [0.15, 0.2) is 22.6 Å². The average Bonchev–Trinajstić information content (AvgIpc) is 2.55. The molecule has 16 heavy (non-hydrogen) atoms. The molecule has 0 N–H and O–H groups in total. The number of rotatable bonds is 3. The topological polar surface area (TPSA) is 30.2 Å². The standard InChI is InChI=1S/C14H16O2/c1-9(6-7-15)12-4-5-14-13(8-12)10(2)11(3)16-14/h4-5,7-9H,6H2,1-3H3. The molecule has 0 aliphatic heterocycles. The van der Waals surface area contributed by atoms with E-state index in [4.69, 9.17) is 4.42 Å². The molecule has 1 atom stereocenters. The van der Waals surface area contributed by atoms with Gasteiger partial charge in [-0.2, -0.15) is 0 Å². The summed E-state index contributed by atoms with van der Waals surface area (Å²) in [6, 6.07) is 6.17. The molecule has 0 radical (unpaired) electrons. The van der Waals surface area contributed by atoms with Crippen molar-refractivity contribution < 1.29 is 9.21 Å². The summed E-state index contributed by atoms with van der Waals surface area (Å²) in [5.41, 5.74) is 3.32. The SMILES string of the molecule is Cc1oc2ccc(C(C)CC=O)cc2c1C. The van der Waals surface area contributed by atoms with Gasteiger partial charge in [-0.1, -0.05) is 13.0 Å². The van der Waals surface area contributed by atoms with Crippen molar-refractivity contribution in [1.29, 1.82) is 0 Å². The smallest absolute Gasteiger partial charge is 0.134 e. The Morgan fingerprint density at radius 2 is 2.12 bits per heavy atom. The number of fused-ring (bicyclic) bond motifs is 1. The number of aryl methyl sites for hydroxylation is 2. The van der Waals surface area contributed by atoms with E-state index in [9.17, 15) is 4.79 Å². The minimum Gasteiger partial charge on any atom is -0.461 e. The van der Waals surface area contributed by atoms with E-state index in [1.54, 1.807) is 0 Å². The first-order chi connectivity index (χ1) is 7.63. The lowest BCUT2D eigenvalue weighted by molar-refractivity contribution is -0.108. The largest absolute Gasteiger partial charge is 0.461 e. The molecule has 1 aromatic heterocycles. The van der Waals surface area contributed by atoms with E-state index < -0.39 is 0 Å². The summed E-state index contributed by atoms with van der Waals surface area (Å²) in [5.74, 6) is 1.24. The van der Waals surface area contributed by atoms with Crippen molar-refractivity contribution in [2.45, 2.75) is 33.1 Å². The Balaban J connectivity index is 2.50. The molecule has 0 spiro atoms. The van der Waals surface area contributed by atoms with E-state index in [2.05, 4.69) is 19.9 Å². The van der Waals surface area contributed by atoms with Gasteiger partial charge in [-0.25, -0.2) is 0 Å². The van der Waals surface area contributed by atoms with Crippen LogP contribution in [0.2, 0.25) is 0 Å². The molecule has 0 saturated heterocycles. The van der Waals surface area contributed by atoms with Gasteiger partial charge in [0.25, 0.3) is 0 Å². The first kappa shape index (κ1) is 10.9. The summed E-state index contributed by atoms with van der Waals surface area (Å²) in [6.07, 6.45) is 1.55. The van der Waals surface area contributed by atoms with Crippen molar-refractivity contribution in [3.05, 3.63) is 35.1 Å². The zero-order chi connectivity index (χ0) is 11.7. The number of carbonyl (C=O) groups is 1. The van der Waals surface area contributed by atoms with Crippen molar-refractivity contribution in [2.75, 3.05) is 0 Å². The first-order valence-electron chi connectivity index (χ1n) is 5.56. The van der Waals surface area contributed by atoms with Gasteiger partial charge in [0.05, 0.1) is 0 Å². The highest BCUT2D eigenvalue weighted by atomic mass is 16.3. The zero-order valence-electron chi connectivity index (χ0n) is 9.91. The van der Waals surface area contributed by atoms with Crippen LogP contribution in [0.1, 0.15) is 36.1 Å². The third-order valence-corrected chi connectivity index (χ3v) is 3.22. The molecule has 0 saturated carbocycles. The zero-order valence-corrected chi connectivity index (χ0v) is 9.91. The second kappa shape index (κ2) is 4.12. The normalized spacial score (nSPS) is 12.9. The maximum absolute atomic E-state index is 10.5. The first-order valence-corrected chi connectivity index (χ1v) is 5.56. The summed E-state index contributed by atoms with van der Waals surface area (Å²) in [5, 5.41) is 1.16. The van der Waals surface area contributed by atoms with Crippen molar-refractivity contribution in [3.63, 3.8) is 0 Å². The third kappa shape index (κ3) is 1.75. The Bertz CT molecular complexity index is 523. The molecule has 1 heterocycles. The van der Waals surface area contributed by atoms with Gasteiger partial charge in [0.1, 0.15) is 17.6 Å². The van der Waals surface area contributed by atoms with Crippen molar-refractivity contribution in [1.82, 2.24) is 0 Å². The highest BCUT2D eigenvalue weighted by Gasteiger charge is 2.10. The van der Waals surface area contributed by atoms with Crippen LogP contribution in [0.3, 0.4) is 0 Å². The fourth-order valence-corrected chi connectivity index (χ4v) is 1.95. The van der Waals surface area contributed by atoms with Gasteiger partial charge in [0, 0.05) is 11.8 Å². The highest BCUT2D eigenvalue weighted by Crippen LogP contribution is 2.28. The Labute approximate surface area is 95.3 Å². The van der Waals surface area contributed by atoms with Crippen molar-refractivity contribution in [3.8, 4) is 0 Å². The van der Waals surface area contributed by atoms with Crippen LogP contribution in [0, 0.1) is 13.8 Å². The van der Waals surface area contributed by atoms with Crippen LogP contribution in [0.4, 0.5) is 0 Å². The molecule has 0 fully saturated rings. The van der Waals surface area contributed by atoms with E-state index in [0.29, 0.717) is 6.42 Å². The Kier molecular flexibility index (Phi) is 2.82. The van der Waals surface area contributed by atoms with Gasteiger partial charge >= 0.3 is 0 Å². The maximum atomic E-state index is 10.5. The van der Waals surface area contributed by atoms with E-state index in [1.165, 1.54) is 11.1 Å². The minimum absolute atomic E-state index is 0.275. The van der Waals surface area contributed by atoms with E-state index in [1.807, 2.05) is 19.1 Å². The van der Waals surface area contributed by atoms with Crippen LogP contribution in [-0.2, 0) is 4.79 Å². The predicted molar refractivity (Wildman–Crippen MR) is 64.8 cm³/mol. The summed E-state index contributed by atoms with van der Waals surface area (Å²) >= 11 is 0. The lowest BCUT2D eigenvalue weighted by atomic mass is 9.96. The monoisotopic (exact) mass is 216 g/mol. The molecule has 1 aromatic carbocycles. The molecule has 1 unspecified atom stereocenters. The fraction of sp³-hybridized carbons (Fsp3) is 0.357. The van der Waals surface area contributed by atoms with Gasteiger partial charge in [-0.15, -0.1) is 0 Å². The van der Waals surface area contributed by atoms with Gasteiger partial charge in [-0.05, 0) is 43.0 Å². The van der Waals surface area contributed by atoms with Crippen molar-refractivity contribution in [2.24, 2.45) is 0 Å². The molecule has 2 nitrogen and oxygen atoms in total. The molecule has 2 aromatic rings. The van der Waals surface area contributed by atoms with Crippen LogP contribution in [-0.4, -0.2) is 6.29 Å². The van der Waals surface area contributed by atoms with E-state index in [-0.39, 0.29) is 5.92 Å². The number of aldehydes is 1. The van der Waals surface area contributed by atoms with E-state index >= 15 is 0 Å². The lowest BCUT2D eigenvalue weighted by Crippen LogP contribution is -1.93. The molecule has 0 aliphatic rings. The average molecular weight is 216 g/mol. The number of furan rings is 1. The van der Waals surface area contributed by atoms with Crippen molar-refractivity contribution >= 4 is 17.3 Å². The van der Waals surface area contributed by atoms with Gasteiger partial charge in [0.2, 0.25) is 0 Å². The highest BCUT2D eigenvalue weighted by molar-refractivity contribution is 5.82. The molecular formula is C14H16O2. The molecule has 2 heteroatoms. The van der Waals surface area contributed by atoms with Crippen LogP contribution >= 0.6 is 0 Å². The summed E-state index contributed by atoms with van der Waals surface area (Å²) in [6.45, 7) is 6.11. The molecule has 0 amide bonds. The van der Waals surface area contributed by atoms with Gasteiger partial charge in [0.15, 0.2) is 0 Å². The number of hydrogen-bond donors (Lipinski definition) is 0. The number of benzene rings is 1. The Hall–Kier alpha value is -1.57. The van der Waals surface area contributed by atoms with Crippen LogP contribution in [0.5, 0.6) is 0 Å². The fourth-order valence-electron chi connectivity index (χ4n) is 1.95. The molecule has 0 aliphatic carbocycles. The predicted octanol–water partition coefficient (Wildman–Crippen LogP) is 3.74. The molecule has 2 rings (SSSR count). The van der Waals surface area contributed by atoms with Gasteiger partial charge < -0.3 is 9.21 Å². The number of hydrogen-bond acceptors (Lipinski definition) is 2. The molecule has 84 valence electrons. The molecule has 0 bridgehead atoms. The lowest BCUT2D eigenvalue weighted by Gasteiger charge is -2.07. The summed E-state index contributed by atoms with van der Waals surface area (Å²) in [7, 11) is 0. The third-order valence-electron chi connectivity index (χ3n) is 3.22. The summed E-state index contributed by atoms with van der Waals surface area (Å²) in [4.78, 5) is 10.5. The summed E-state index contributed by atoms with van der Waals surface area (Å²) < 4.78 is 5.62. The Morgan fingerprint density at radius 1 is 1.38 bits per heavy atom. The minimum atomic E-state index is 0.275. The van der Waals surface area contributed by atoms with Crippen LogP contribution in [0.25, 0.3) is 11.0 Å². The number of carbonyl (C=O) groups excluding carboxylic acids is 1. The van der Waals surface area contributed by atoms with Crippen LogP contribution < -0.4 is 0 Å². The second-order valence-electron chi connectivity index (χ2n) is 4.34. The Morgan fingerprint density at radius 3 is 2.81 bits per heavy atom. The van der Waals surface area contributed by atoms with Gasteiger partial charge in [-0.3, -0.25) is 0 Å². The molecular weight excluding hydrogens is 200 g/mol. The second-order valence-corrected chi connectivity index (χ2v) is 4.34. The van der Waals surface area contributed by atoms with E-state index in [0.717, 1.165) is 23.0 Å².